The molecule has 1 aromatic carbocycles. The predicted octanol–water partition coefficient (Wildman–Crippen LogP) is 5.47. The van der Waals surface area contributed by atoms with E-state index in [-0.39, 0.29) is 5.56 Å². The Morgan fingerprint density at radius 3 is 2.11 bits per heavy atom. The Labute approximate surface area is 165 Å². The van der Waals surface area contributed by atoms with Crippen molar-refractivity contribution in [3.8, 4) is 11.3 Å². The number of hydrogen-bond donors (Lipinski definition) is 0. The molecule has 2 aromatic rings. The molecule has 1 nitrogen and oxygen atoms in total. The third-order valence-corrected chi connectivity index (χ3v) is 7.10. The monoisotopic (exact) mass is 396 g/mol. The molecule has 1 heterocycles. The molecule has 0 aliphatic carbocycles. The fraction of sp³-hybridized carbons (Fsp3) is 0.500. The topological polar surface area (TPSA) is 3.88 Å². The van der Waals surface area contributed by atoms with Crippen molar-refractivity contribution < 1.29 is 20.5 Å². The quantitative estimate of drug-likeness (QED) is 0.476. The minimum Gasteiger partial charge on any atom is -0.201 e. The molecule has 0 unspecified atom stereocenters. The molecule has 0 aliphatic rings. The molecule has 27 heavy (non-hydrogen) atoms. The van der Waals surface area contributed by atoms with E-state index in [0.717, 1.165) is 30.7 Å². The second-order valence-corrected chi connectivity index (χ2v) is 13.9. The van der Waals surface area contributed by atoms with Crippen molar-refractivity contribution in [1.29, 1.82) is 0 Å². The van der Waals surface area contributed by atoms with Crippen LogP contribution in [0.4, 0.5) is 13.2 Å². The maximum atomic E-state index is 13.5. The van der Waals surface area contributed by atoms with Crippen molar-refractivity contribution in [2.45, 2.75) is 59.9 Å². The fourth-order valence-electron chi connectivity index (χ4n) is 3.26. The predicted molar refractivity (Wildman–Crippen MR) is 109 cm³/mol. The minimum atomic E-state index is -4.65. The van der Waals surface area contributed by atoms with E-state index in [1.54, 1.807) is 12.1 Å². The molecular weight excluding hydrogens is 363 g/mol. The first kappa shape index (κ1) is 18.7. The zero-order valence-corrected chi connectivity index (χ0v) is 18.5. The third kappa shape index (κ3) is 4.62. The van der Waals surface area contributed by atoms with Gasteiger partial charge in [-0.1, -0.05) is 45.6 Å². The number of pyridine rings is 1. The number of benzene rings is 1. The van der Waals surface area contributed by atoms with Gasteiger partial charge in [0.15, 0.2) is 6.20 Å². The van der Waals surface area contributed by atoms with Gasteiger partial charge in [-0.2, -0.15) is 13.2 Å². The van der Waals surface area contributed by atoms with E-state index < -0.39 is 26.0 Å². The van der Waals surface area contributed by atoms with Crippen LogP contribution in [0, 0.1) is 19.3 Å². The van der Waals surface area contributed by atoms with Crippen LogP contribution in [0.1, 0.15) is 33.3 Å². The van der Waals surface area contributed by atoms with Crippen molar-refractivity contribution in [1.82, 2.24) is 0 Å². The summed E-state index contributed by atoms with van der Waals surface area (Å²) in [5.41, 5.74) is 1.34. The van der Waals surface area contributed by atoms with Gasteiger partial charge in [-0.25, -0.2) is 4.57 Å². The molecule has 0 N–H and O–H groups in total. The molecule has 5 heteroatoms. The van der Waals surface area contributed by atoms with Crippen molar-refractivity contribution in [2.24, 2.45) is 12.5 Å². The van der Waals surface area contributed by atoms with Crippen LogP contribution in [0.5, 0.6) is 0 Å². The highest BCUT2D eigenvalue weighted by Gasteiger charge is 2.47. The van der Waals surface area contributed by atoms with Crippen molar-refractivity contribution >= 4 is 13.3 Å². The average Bonchev–Trinajstić information content (AvgIpc) is 2.54. The van der Waals surface area contributed by atoms with Gasteiger partial charge in [0.2, 0.25) is 5.69 Å². The van der Waals surface area contributed by atoms with Crippen LogP contribution in [0.3, 0.4) is 0 Å². The lowest BCUT2D eigenvalue weighted by molar-refractivity contribution is -0.659. The van der Waals surface area contributed by atoms with Gasteiger partial charge < -0.3 is 0 Å². The van der Waals surface area contributed by atoms with Gasteiger partial charge in [-0.15, -0.1) is 0 Å². The molecule has 0 amide bonds. The van der Waals surface area contributed by atoms with E-state index in [4.69, 9.17) is 2.74 Å². The second kappa shape index (κ2) is 7.08. The number of nitrogens with zero attached hydrogens (tertiary/aromatic N) is 1. The molecule has 0 bridgehead atoms. The van der Waals surface area contributed by atoms with Crippen LogP contribution in [0.15, 0.2) is 30.5 Å². The summed E-state index contributed by atoms with van der Waals surface area (Å²) in [5.74, 6) is 0. The Bertz CT molecular complexity index is 929. The Hall–Kier alpha value is -1.62. The number of hydrogen-bond acceptors (Lipinski definition) is 0. The smallest absolute Gasteiger partial charge is 0.201 e. The van der Waals surface area contributed by atoms with Crippen molar-refractivity contribution in [3.63, 3.8) is 0 Å². The van der Waals surface area contributed by atoms with Gasteiger partial charge in [0.25, 0.3) is 0 Å². The largest absolute Gasteiger partial charge is 0.394 e. The number of aromatic nitrogens is 1. The average molecular weight is 397 g/mol. The zero-order valence-electron chi connectivity index (χ0n) is 19.5. The summed E-state index contributed by atoms with van der Waals surface area (Å²) in [4.78, 5) is 0. The number of halogens is 3. The maximum absolute atomic E-state index is 13.5. The summed E-state index contributed by atoms with van der Waals surface area (Å²) in [7, 11) is 0.474. The van der Waals surface area contributed by atoms with Gasteiger partial charge in [0, 0.05) is 19.6 Å². The number of rotatable bonds is 4. The molecule has 1 aromatic heterocycles. The highest BCUT2D eigenvalue weighted by molar-refractivity contribution is 6.88. The summed E-state index contributed by atoms with van der Waals surface area (Å²) < 4.78 is 58.8. The molecule has 2 rings (SSSR count). The van der Waals surface area contributed by atoms with Gasteiger partial charge in [0.1, 0.15) is 7.05 Å². The fourth-order valence-corrected chi connectivity index (χ4v) is 5.10. The highest BCUT2D eigenvalue weighted by atomic mass is 28.3. The van der Waals surface area contributed by atoms with E-state index in [1.165, 1.54) is 16.8 Å². The molecular formula is C22H31F3NSi+. The van der Waals surface area contributed by atoms with Crippen LogP contribution >= 0.6 is 0 Å². The van der Waals surface area contributed by atoms with Crippen LogP contribution < -0.4 is 9.75 Å². The SMILES string of the molecule is [2H]C([2H])(c1ccc(-c2cc(C)c([Si](C)(C)C)c[n+]2C)c(C)c1)C(C)(C)C(F)(F)F. The summed E-state index contributed by atoms with van der Waals surface area (Å²) in [6, 6.07) is 6.88. The normalized spacial score (nSPS) is 14.8. The Morgan fingerprint density at radius 2 is 1.63 bits per heavy atom. The molecule has 0 atom stereocenters. The molecule has 0 spiro atoms. The lowest BCUT2D eigenvalue weighted by atomic mass is 9.84. The van der Waals surface area contributed by atoms with E-state index in [0.29, 0.717) is 0 Å². The van der Waals surface area contributed by atoms with Crippen LogP contribution in [0.25, 0.3) is 11.3 Å². The van der Waals surface area contributed by atoms with E-state index in [2.05, 4.69) is 43.4 Å². The number of alkyl halides is 3. The molecule has 148 valence electrons. The van der Waals surface area contributed by atoms with Gasteiger partial charge in [-0.05, 0) is 43.0 Å². The van der Waals surface area contributed by atoms with Crippen LogP contribution in [0.2, 0.25) is 19.6 Å². The molecule has 0 saturated carbocycles. The van der Waals surface area contributed by atoms with Gasteiger partial charge in [0.05, 0.1) is 13.5 Å². The lowest BCUT2D eigenvalue weighted by Crippen LogP contribution is -2.46. The molecule has 0 radical (unpaired) electrons. The molecule has 0 fully saturated rings. The second-order valence-electron chi connectivity index (χ2n) is 8.89. The Morgan fingerprint density at radius 1 is 1.04 bits per heavy atom. The standard InChI is InChI=1S/C22H31F3NSi/c1-15-11-17(13-21(3,4)22(23,24)25)9-10-18(15)19-12-16(2)20(14-26(19)5)27(6,7)8/h9-12,14H,13H2,1-8H3/q+1/i13D2. The lowest BCUT2D eigenvalue weighted by Gasteiger charge is -2.28. The van der Waals surface area contributed by atoms with E-state index >= 15 is 0 Å². The Kier molecular flexibility index (Phi) is 4.91. The van der Waals surface area contributed by atoms with Crippen LogP contribution in [-0.2, 0) is 13.4 Å². The molecule has 0 saturated heterocycles. The first-order valence-electron chi connectivity index (χ1n) is 10.1. The first-order chi connectivity index (χ1) is 12.9. The van der Waals surface area contributed by atoms with Gasteiger partial charge >= 0.3 is 6.18 Å². The minimum absolute atomic E-state index is 0.0409. The molecule has 0 aliphatic heterocycles. The summed E-state index contributed by atoms with van der Waals surface area (Å²) in [6.45, 7) is 12.6. The van der Waals surface area contributed by atoms with E-state index in [9.17, 15) is 13.2 Å². The first-order valence-corrected chi connectivity index (χ1v) is 12.6. The van der Waals surface area contributed by atoms with E-state index in [1.807, 2.05) is 14.0 Å². The highest BCUT2D eigenvalue weighted by Crippen LogP contribution is 2.40. The maximum Gasteiger partial charge on any atom is 0.394 e. The number of aryl methyl sites for hydroxylation is 3. The van der Waals surface area contributed by atoms with Gasteiger partial charge in [-0.3, -0.25) is 0 Å². The van der Waals surface area contributed by atoms with Crippen molar-refractivity contribution in [3.05, 3.63) is 47.2 Å². The summed E-state index contributed by atoms with van der Waals surface area (Å²) in [6.07, 6.45) is -5.05. The zero-order chi connectivity index (χ0) is 22.6. The third-order valence-electron chi connectivity index (χ3n) is 4.96. The summed E-state index contributed by atoms with van der Waals surface area (Å²) in [5, 5.41) is 1.36. The Balaban J connectivity index is 2.58. The summed E-state index contributed by atoms with van der Waals surface area (Å²) >= 11 is 0. The van der Waals surface area contributed by atoms with Crippen molar-refractivity contribution in [2.75, 3.05) is 0 Å². The van der Waals surface area contributed by atoms with Crippen LogP contribution in [-0.4, -0.2) is 14.3 Å².